The van der Waals surface area contributed by atoms with Crippen molar-refractivity contribution in [2.45, 2.75) is 19.9 Å². The van der Waals surface area contributed by atoms with Crippen LogP contribution in [0.4, 0.5) is 11.4 Å². The minimum Gasteiger partial charge on any atom is -0.484 e. The van der Waals surface area contributed by atoms with E-state index in [0.29, 0.717) is 11.4 Å². The van der Waals surface area contributed by atoms with Crippen LogP contribution in [0.1, 0.15) is 24.2 Å². The number of nitrogens with zero attached hydrogens (tertiary/aromatic N) is 1. The van der Waals surface area contributed by atoms with E-state index < -0.39 is 10.8 Å². The maximum absolute atomic E-state index is 12.2. The molecule has 2 N–H and O–H groups in total. The van der Waals surface area contributed by atoms with E-state index in [1.165, 1.54) is 24.3 Å². The van der Waals surface area contributed by atoms with E-state index in [1.54, 1.807) is 24.3 Å². The van der Waals surface area contributed by atoms with Gasteiger partial charge in [0.25, 0.3) is 17.5 Å². The monoisotopic (exact) mass is 357 g/mol. The molecule has 0 aliphatic rings. The summed E-state index contributed by atoms with van der Waals surface area (Å²) in [6.45, 7) is 3.62. The topological polar surface area (TPSA) is 111 Å². The lowest BCUT2D eigenvalue weighted by Gasteiger charge is -2.10. The number of hydrogen-bond donors (Lipinski definition) is 2. The molecule has 0 aliphatic heterocycles. The van der Waals surface area contributed by atoms with Crippen LogP contribution in [0.25, 0.3) is 0 Å². The third-order valence-corrected chi connectivity index (χ3v) is 3.25. The predicted molar refractivity (Wildman–Crippen MR) is 96.3 cm³/mol. The zero-order valence-electron chi connectivity index (χ0n) is 14.4. The Morgan fingerprint density at radius 1 is 1.15 bits per heavy atom. The Labute approximate surface area is 150 Å². The van der Waals surface area contributed by atoms with Gasteiger partial charge in [0.2, 0.25) is 0 Å². The summed E-state index contributed by atoms with van der Waals surface area (Å²) in [6.07, 6.45) is 0. The van der Waals surface area contributed by atoms with E-state index in [-0.39, 0.29) is 29.8 Å². The quantitative estimate of drug-likeness (QED) is 0.585. The van der Waals surface area contributed by atoms with Gasteiger partial charge in [0.15, 0.2) is 6.61 Å². The number of nitro benzene ring substituents is 1. The van der Waals surface area contributed by atoms with Crippen molar-refractivity contribution in [1.29, 1.82) is 0 Å². The molecule has 0 spiro atoms. The summed E-state index contributed by atoms with van der Waals surface area (Å²) in [5.74, 6) is -0.195. The number of benzene rings is 2. The molecule has 0 saturated carbocycles. The van der Waals surface area contributed by atoms with Crippen LogP contribution in [0.15, 0.2) is 48.5 Å². The lowest BCUT2D eigenvalue weighted by atomic mass is 10.2. The third-order valence-electron chi connectivity index (χ3n) is 3.25. The first kappa shape index (κ1) is 18.9. The highest BCUT2D eigenvalue weighted by atomic mass is 16.6. The SMILES string of the molecule is CC(C)NC(=O)COc1ccc(NC(=O)c2cccc([N+](=O)[O-])c2)cc1. The molecule has 26 heavy (non-hydrogen) atoms. The summed E-state index contributed by atoms with van der Waals surface area (Å²) in [6, 6.07) is 12.0. The van der Waals surface area contributed by atoms with Gasteiger partial charge in [-0.05, 0) is 44.2 Å². The number of anilines is 1. The minimum absolute atomic E-state index is 0.0394. The first-order valence-electron chi connectivity index (χ1n) is 7.93. The maximum atomic E-state index is 12.2. The number of non-ortho nitro benzene ring substituents is 1. The zero-order chi connectivity index (χ0) is 19.1. The number of hydrogen-bond acceptors (Lipinski definition) is 5. The first-order valence-corrected chi connectivity index (χ1v) is 7.93. The molecule has 0 unspecified atom stereocenters. The Morgan fingerprint density at radius 2 is 1.85 bits per heavy atom. The summed E-state index contributed by atoms with van der Waals surface area (Å²) < 4.78 is 5.36. The number of carbonyl (C=O) groups excluding carboxylic acids is 2. The highest BCUT2D eigenvalue weighted by Gasteiger charge is 2.12. The third kappa shape index (κ3) is 5.59. The molecular weight excluding hydrogens is 338 g/mol. The van der Waals surface area contributed by atoms with Crippen molar-refractivity contribution in [1.82, 2.24) is 5.32 Å². The van der Waals surface area contributed by atoms with Gasteiger partial charge < -0.3 is 15.4 Å². The van der Waals surface area contributed by atoms with Crippen molar-refractivity contribution < 1.29 is 19.2 Å². The van der Waals surface area contributed by atoms with Crippen LogP contribution in [0.5, 0.6) is 5.75 Å². The Morgan fingerprint density at radius 3 is 2.46 bits per heavy atom. The second kappa shape index (κ2) is 8.61. The Balaban J connectivity index is 1.94. The van der Waals surface area contributed by atoms with E-state index in [2.05, 4.69) is 10.6 Å². The fourth-order valence-corrected chi connectivity index (χ4v) is 2.11. The fraction of sp³-hybridized carbons (Fsp3) is 0.222. The molecule has 8 nitrogen and oxygen atoms in total. The molecule has 136 valence electrons. The number of nitrogens with one attached hydrogen (secondary N) is 2. The van der Waals surface area contributed by atoms with Gasteiger partial charge in [-0.2, -0.15) is 0 Å². The molecule has 0 saturated heterocycles. The van der Waals surface area contributed by atoms with E-state index in [4.69, 9.17) is 4.74 Å². The molecule has 0 bridgehead atoms. The Hall–Kier alpha value is -3.42. The van der Waals surface area contributed by atoms with Crippen LogP contribution < -0.4 is 15.4 Å². The number of amides is 2. The Kier molecular flexibility index (Phi) is 6.26. The van der Waals surface area contributed by atoms with Gasteiger partial charge in [0.1, 0.15) is 5.75 Å². The van der Waals surface area contributed by atoms with Crippen LogP contribution in [0.2, 0.25) is 0 Å². The van der Waals surface area contributed by atoms with Crippen LogP contribution in [0, 0.1) is 10.1 Å². The lowest BCUT2D eigenvalue weighted by molar-refractivity contribution is -0.384. The normalized spacial score (nSPS) is 10.3. The largest absolute Gasteiger partial charge is 0.484 e. The molecule has 8 heteroatoms. The van der Waals surface area contributed by atoms with Crippen LogP contribution in [0.3, 0.4) is 0 Å². The van der Waals surface area contributed by atoms with Gasteiger partial charge in [-0.3, -0.25) is 19.7 Å². The van der Waals surface area contributed by atoms with Gasteiger partial charge in [-0.1, -0.05) is 6.07 Å². The van der Waals surface area contributed by atoms with E-state index >= 15 is 0 Å². The van der Waals surface area contributed by atoms with Crippen LogP contribution in [-0.2, 0) is 4.79 Å². The molecule has 0 aromatic heterocycles. The molecule has 0 aliphatic carbocycles. The maximum Gasteiger partial charge on any atom is 0.270 e. The van der Waals surface area contributed by atoms with Crippen molar-refractivity contribution in [3.05, 3.63) is 64.2 Å². The zero-order valence-corrected chi connectivity index (χ0v) is 14.4. The highest BCUT2D eigenvalue weighted by molar-refractivity contribution is 6.04. The van der Waals surface area contributed by atoms with E-state index in [0.717, 1.165) is 0 Å². The molecule has 0 radical (unpaired) electrons. The van der Waals surface area contributed by atoms with Crippen LogP contribution in [-0.4, -0.2) is 29.4 Å². The number of ether oxygens (including phenoxy) is 1. The summed E-state index contributed by atoms with van der Waals surface area (Å²) in [4.78, 5) is 33.9. The molecule has 2 amide bonds. The van der Waals surface area contributed by atoms with Crippen molar-refractivity contribution in [3.8, 4) is 5.75 Å². The standard InChI is InChI=1S/C18H19N3O5/c1-12(2)19-17(22)11-26-16-8-6-14(7-9-16)20-18(23)13-4-3-5-15(10-13)21(24)25/h3-10,12H,11H2,1-2H3,(H,19,22)(H,20,23). The summed E-state index contributed by atoms with van der Waals surface area (Å²) in [5.41, 5.74) is 0.534. The average molecular weight is 357 g/mol. The van der Waals surface area contributed by atoms with E-state index in [1.807, 2.05) is 13.8 Å². The van der Waals surface area contributed by atoms with Gasteiger partial charge >= 0.3 is 0 Å². The summed E-state index contributed by atoms with van der Waals surface area (Å²) >= 11 is 0. The van der Waals surface area contributed by atoms with Gasteiger partial charge in [-0.15, -0.1) is 0 Å². The second-order valence-corrected chi connectivity index (χ2v) is 5.80. The Bertz CT molecular complexity index is 803. The highest BCUT2D eigenvalue weighted by Crippen LogP contribution is 2.18. The molecular formula is C18H19N3O5. The predicted octanol–water partition coefficient (Wildman–Crippen LogP) is 2.75. The van der Waals surface area contributed by atoms with Crippen molar-refractivity contribution in [2.24, 2.45) is 0 Å². The minimum atomic E-state index is -0.557. The van der Waals surface area contributed by atoms with Crippen molar-refractivity contribution >= 4 is 23.2 Å². The van der Waals surface area contributed by atoms with Gasteiger partial charge in [-0.25, -0.2) is 0 Å². The van der Waals surface area contributed by atoms with Crippen molar-refractivity contribution in [2.75, 3.05) is 11.9 Å². The first-order chi connectivity index (χ1) is 12.3. The fourth-order valence-electron chi connectivity index (χ4n) is 2.11. The molecule has 2 rings (SSSR count). The summed E-state index contributed by atoms with van der Waals surface area (Å²) in [7, 11) is 0. The van der Waals surface area contributed by atoms with E-state index in [9.17, 15) is 19.7 Å². The molecule has 0 heterocycles. The average Bonchev–Trinajstić information content (AvgIpc) is 2.60. The van der Waals surface area contributed by atoms with Crippen LogP contribution >= 0.6 is 0 Å². The second-order valence-electron chi connectivity index (χ2n) is 5.80. The smallest absolute Gasteiger partial charge is 0.270 e. The molecule has 0 atom stereocenters. The lowest BCUT2D eigenvalue weighted by Crippen LogP contribution is -2.34. The van der Waals surface area contributed by atoms with Crippen molar-refractivity contribution in [3.63, 3.8) is 0 Å². The summed E-state index contributed by atoms with van der Waals surface area (Å²) in [5, 5.41) is 16.1. The molecule has 2 aromatic rings. The molecule has 2 aromatic carbocycles. The van der Waals surface area contributed by atoms with Gasteiger partial charge in [0, 0.05) is 29.4 Å². The number of nitro groups is 1. The molecule has 0 fully saturated rings. The number of rotatable bonds is 7. The van der Waals surface area contributed by atoms with Gasteiger partial charge in [0.05, 0.1) is 4.92 Å². The number of carbonyl (C=O) groups is 2.